The summed E-state index contributed by atoms with van der Waals surface area (Å²) in [4.78, 5) is 12.3. The van der Waals surface area contributed by atoms with Gasteiger partial charge in [0.15, 0.2) is 0 Å². The third-order valence-electron chi connectivity index (χ3n) is 3.14. The van der Waals surface area contributed by atoms with Crippen molar-refractivity contribution < 1.29 is 4.79 Å². The molecule has 0 spiro atoms. The number of fused-ring (bicyclic) bond motifs is 1. The quantitative estimate of drug-likeness (QED) is 0.872. The van der Waals surface area contributed by atoms with E-state index in [-0.39, 0.29) is 5.91 Å². The summed E-state index contributed by atoms with van der Waals surface area (Å²) in [6.07, 6.45) is 0.891. The van der Waals surface area contributed by atoms with Gasteiger partial charge in [0.25, 0.3) is 5.91 Å². The number of para-hydroxylation sites is 1. The van der Waals surface area contributed by atoms with Gasteiger partial charge in [-0.2, -0.15) is 0 Å². The van der Waals surface area contributed by atoms with Gasteiger partial charge in [-0.05, 0) is 30.2 Å². The molecule has 90 valence electrons. The predicted molar refractivity (Wildman–Crippen MR) is 71.2 cm³/mol. The standard InChI is InChI=1S/C15H14N2O/c18-15-14-9-5-4-6-12(14)10-11-17(15)16-13-7-2-1-3-8-13/h1-9,16H,10-11H2. The molecule has 0 unspecified atom stereocenters. The SMILES string of the molecule is O=C1c2ccccc2CCN1Nc1ccccc1. The Morgan fingerprint density at radius 1 is 0.944 bits per heavy atom. The van der Waals surface area contributed by atoms with Gasteiger partial charge in [0.2, 0.25) is 0 Å². The molecule has 3 rings (SSSR count). The van der Waals surface area contributed by atoms with Crippen molar-refractivity contribution in [3.8, 4) is 0 Å². The molecular weight excluding hydrogens is 224 g/mol. The zero-order valence-electron chi connectivity index (χ0n) is 9.97. The van der Waals surface area contributed by atoms with E-state index in [1.807, 2.05) is 54.6 Å². The normalized spacial score (nSPS) is 14.2. The molecule has 3 nitrogen and oxygen atoms in total. The molecule has 0 atom stereocenters. The van der Waals surface area contributed by atoms with Gasteiger partial charge in [-0.15, -0.1) is 0 Å². The first-order valence-electron chi connectivity index (χ1n) is 6.06. The van der Waals surface area contributed by atoms with Crippen LogP contribution in [0.3, 0.4) is 0 Å². The molecule has 1 amide bonds. The third kappa shape index (κ3) is 1.95. The Balaban J connectivity index is 1.83. The summed E-state index contributed by atoms with van der Waals surface area (Å²) in [5.74, 6) is 0.0423. The maximum Gasteiger partial charge on any atom is 0.272 e. The second kappa shape index (κ2) is 4.53. The summed E-state index contributed by atoms with van der Waals surface area (Å²) in [5.41, 5.74) is 6.02. The van der Waals surface area contributed by atoms with Gasteiger partial charge in [0, 0.05) is 12.1 Å². The van der Waals surface area contributed by atoms with Gasteiger partial charge >= 0.3 is 0 Å². The highest BCUT2D eigenvalue weighted by atomic mass is 16.2. The van der Waals surface area contributed by atoms with E-state index in [0.29, 0.717) is 6.54 Å². The Kier molecular flexibility index (Phi) is 2.73. The minimum absolute atomic E-state index is 0.0423. The molecule has 2 aromatic carbocycles. The van der Waals surface area contributed by atoms with Crippen molar-refractivity contribution in [1.82, 2.24) is 5.01 Å². The van der Waals surface area contributed by atoms with Crippen molar-refractivity contribution in [2.45, 2.75) is 6.42 Å². The number of hydrazine groups is 1. The van der Waals surface area contributed by atoms with E-state index in [2.05, 4.69) is 5.43 Å². The minimum atomic E-state index is 0.0423. The van der Waals surface area contributed by atoms with E-state index in [9.17, 15) is 4.79 Å². The summed E-state index contributed by atoms with van der Waals surface area (Å²) < 4.78 is 0. The molecule has 0 saturated carbocycles. The molecule has 0 radical (unpaired) electrons. The highest BCUT2D eigenvalue weighted by Gasteiger charge is 2.23. The molecule has 1 heterocycles. The highest BCUT2D eigenvalue weighted by Crippen LogP contribution is 2.19. The van der Waals surface area contributed by atoms with E-state index >= 15 is 0 Å². The number of carbonyl (C=O) groups excluding carboxylic acids is 1. The Morgan fingerprint density at radius 3 is 2.50 bits per heavy atom. The lowest BCUT2D eigenvalue weighted by molar-refractivity contribution is 0.0779. The van der Waals surface area contributed by atoms with Crippen LogP contribution in [0.15, 0.2) is 54.6 Å². The lowest BCUT2D eigenvalue weighted by atomic mass is 10.0. The molecule has 2 aromatic rings. The molecular formula is C15H14N2O. The topological polar surface area (TPSA) is 32.3 Å². The number of nitrogens with one attached hydrogen (secondary N) is 1. The molecule has 1 N–H and O–H groups in total. The highest BCUT2D eigenvalue weighted by molar-refractivity contribution is 5.97. The lowest BCUT2D eigenvalue weighted by Crippen LogP contribution is -2.41. The van der Waals surface area contributed by atoms with Crippen LogP contribution in [0.4, 0.5) is 5.69 Å². The largest absolute Gasteiger partial charge is 0.296 e. The van der Waals surface area contributed by atoms with Crippen molar-refractivity contribution in [3.05, 3.63) is 65.7 Å². The minimum Gasteiger partial charge on any atom is -0.296 e. The lowest BCUT2D eigenvalue weighted by Gasteiger charge is -2.29. The Morgan fingerprint density at radius 2 is 1.67 bits per heavy atom. The molecule has 1 aliphatic heterocycles. The van der Waals surface area contributed by atoms with Crippen LogP contribution in [-0.2, 0) is 6.42 Å². The van der Waals surface area contributed by atoms with E-state index in [4.69, 9.17) is 0 Å². The maximum atomic E-state index is 12.3. The number of hydrogen-bond donors (Lipinski definition) is 1. The van der Waals surface area contributed by atoms with Gasteiger partial charge in [-0.25, -0.2) is 0 Å². The number of carbonyl (C=O) groups is 1. The molecule has 0 fully saturated rings. The van der Waals surface area contributed by atoms with Crippen LogP contribution < -0.4 is 5.43 Å². The van der Waals surface area contributed by atoms with E-state index < -0.39 is 0 Å². The van der Waals surface area contributed by atoms with Crippen molar-refractivity contribution in [3.63, 3.8) is 0 Å². The first-order chi connectivity index (χ1) is 8.84. The monoisotopic (exact) mass is 238 g/mol. The zero-order valence-corrected chi connectivity index (χ0v) is 9.97. The first kappa shape index (κ1) is 10.8. The number of amides is 1. The number of rotatable bonds is 2. The average molecular weight is 238 g/mol. The number of anilines is 1. The Hall–Kier alpha value is -2.29. The molecule has 3 heteroatoms. The smallest absolute Gasteiger partial charge is 0.272 e. The Labute approximate surface area is 106 Å². The molecule has 18 heavy (non-hydrogen) atoms. The van der Waals surface area contributed by atoms with Crippen molar-refractivity contribution in [2.24, 2.45) is 0 Å². The van der Waals surface area contributed by atoms with Crippen LogP contribution in [-0.4, -0.2) is 17.5 Å². The van der Waals surface area contributed by atoms with E-state index in [0.717, 1.165) is 23.2 Å². The second-order valence-electron chi connectivity index (χ2n) is 4.34. The van der Waals surface area contributed by atoms with Crippen LogP contribution in [0.25, 0.3) is 0 Å². The fourth-order valence-corrected chi connectivity index (χ4v) is 2.20. The van der Waals surface area contributed by atoms with Gasteiger partial charge in [0.05, 0.1) is 5.69 Å². The van der Waals surface area contributed by atoms with Crippen LogP contribution in [0.1, 0.15) is 15.9 Å². The van der Waals surface area contributed by atoms with Gasteiger partial charge in [0.1, 0.15) is 0 Å². The third-order valence-corrected chi connectivity index (χ3v) is 3.14. The number of hydrogen-bond acceptors (Lipinski definition) is 2. The van der Waals surface area contributed by atoms with Crippen LogP contribution in [0.2, 0.25) is 0 Å². The fraction of sp³-hybridized carbons (Fsp3) is 0.133. The van der Waals surface area contributed by atoms with Crippen LogP contribution >= 0.6 is 0 Å². The van der Waals surface area contributed by atoms with Gasteiger partial charge in [-0.3, -0.25) is 15.2 Å². The second-order valence-corrected chi connectivity index (χ2v) is 4.34. The van der Waals surface area contributed by atoms with Crippen LogP contribution in [0, 0.1) is 0 Å². The zero-order chi connectivity index (χ0) is 12.4. The van der Waals surface area contributed by atoms with Crippen molar-refractivity contribution in [1.29, 1.82) is 0 Å². The maximum absolute atomic E-state index is 12.3. The molecule has 0 bridgehead atoms. The summed E-state index contributed by atoms with van der Waals surface area (Å²) in [6.45, 7) is 0.699. The number of nitrogens with zero attached hydrogens (tertiary/aromatic N) is 1. The van der Waals surface area contributed by atoms with Crippen molar-refractivity contribution >= 4 is 11.6 Å². The molecule has 0 aromatic heterocycles. The summed E-state index contributed by atoms with van der Waals surface area (Å²) in [7, 11) is 0. The van der Waals surface area contributed by atoms with Crippen LogP contribution in [0.5, 0.6) is 0 Å². The number of benzene rings is 2. The van der Waals surface area contributed by atoms with E-state index in [1.165, 1.54) is 0 Å². The van der Waals surface area contributed by atoms with Gasteiger partial charge in [-0.1, -0.05) is 36.4 Å². The van der Waals surface area contributed by atoms with Gasteiger partial charge < -0.3 is 0 Å². The summed E-state index contributed by atoms with van der Waals surface area (Å²) in [6, 6.07) is 17.5. The Bertz CT molecular complexity index is 566. The molecule has 0 saturated heterocycles. The van der Waals surface area contributed by atoms with Crippen molar-refractivity contribution in [2.75, 3.05) is 12.0 Å². The summed E-state index contributed by atoms with van der Waals surface area (Å²) in [5, 5.41) is 1.68. The average Bonchev–Trinajstić information content (AvgIpc) is 2.43. The fourth-order valence-electron chi connectivity index (χ4n) is 2.20. The summed E-state index contributed by atoms with van der Waals surface area (Å²) >= 11 is 0. The van der Waals surface area contributed by atoms with E-state index in [1.54, 1.807) is 5.01 Å². The molecule has 0 aliphatic carbocycles. The first-order valence-corrected chi connectivity index (χ1v) is 6.06. The molecule has 1 aliphatic rings. The predicted octanol–water partition coefficient (Wildman–Crippen LogP) is 2.71.